The molecule has 1 unspecified atom stereocenters. The summed E-state index contributed by atoms with van der Waals surface area (Å²) < 4.78 is 19.0. The standard InChI is InChI=1S/C17H15ClFNO3/c18-12-3-1-2-11(8-12)10-20-14-5-4-13(19)9-16(14)23-15(6-7-21)17(20)22/h1-5,8-9,15,21H,6-7,10H2. The van der Waals surface area contributed by atoms with Crippen molar-refractivity contribution in [2.24, 2.45) is 0 Å². The van der Waals surface area contributed by atoms with Crippen LogP contribution in [-0.4, -0.2) is 23.7 Å². The molecule has 0 fully saturated rings. The lowest BCUT2D eigenvalue weighted by Crippen LogP contribution is -2.46. The zero-order chi connectivity index (χ0) is 16.4. The average Bonchev–Trinajstić information content (AvgIpc) is 2.51. The Balaban J connectivity index is 1.97. The first-order chi connectivity index (χ1) is 11.1. The van der Waals surface area contributed by atoms with Crippen molar-refractivity contribution in [1.82, 2.24) is 0 Å². The Bertz CT molecular complexity index is 738. The highest BCUT2D eigenvalue weighted by molar-refractivity contribution is 6.30. The van der Waals surface area contributed by atoms with Crippen molar-refractivity contribution in [1.29, 1.82) is 0 Å². The summed E-state index contributed by atoms with van der Waals surface area (Å²) in [5.74, 6) is -0.410. The predicted molar refractivity (Wildman–Crippen MR) is 85.2 cm³/mol. The van der Waals surface area contributed by atoms with E-state index in [4.69, 9.17) is 21.4 Å². The Morgan fingerprint density at radius 2 is 2.09 bits per heavy atom. The van der Waals surface area contributed by atoms with Crippen molar-refractivity contribution in [3.8, 4) is 5.75 Å². The van der Waals surface area contributed by atoms with E-state index in [1.807, 2.05) is 6.07 Å². The molecule has 2 aromatic carbocycles. The topological polar surface area (TPSA) is 49.8 Å². The number of carbonyl (C=O) groups excluding carboxylic acids is 1. The summed E-state index contributed by atoms with van der Waals surface area (Å²) in [6.45, 7) is 0.107. The number of fused-ring (bicyclic) bond motifs is 1. The van der Waals surface area contributed by atoms with Gasteiger partial charge >= 0.3 is 0 Å². The smallest absolute Gasteiger partial charge is 0.268 e. The third-order valence-electron chi connectivity index (χ3n) is 3.64. The highest BCUT2D eigenvalue weighted by Crippen LogP contribution is 2.36. The van der Waals surface area contributed by atoms with Crippen LogP contribution in [-0.2, 0) is 11.3 Å². The zero-order valence-electron chi connectivity index (χ0n) is 12.2. The SMILES string of the molecule is O=C1C(CCO)Oc2cc(F)ccc2N1Cc1cccc(Cl)c1. The minimum absolute atomic E-state index is 0.154. The largest absolute Gasteiger partial charge is 0.478 e. The quantitative estimate of drug-likeness (QED) is 0.933. The van der Waals surface area contributed by atoms with Crippen molar-refractivity contribution in [3.63, 3.8) is 0 Å². The molecule has 0 spiro atoms. The van der Waals surface area contributed by atoms with Crippen molar-refractivity contribution < 1.29 is 19.0 Å². The molecule has 0 radical (unpaired) electrons. The number of anilines is 1. The second-order valence-corrected chi connectivity index (χ2v) is 5.72. The molecule has 1 heterocycles. The molecule has 4 nitrogen and oxygen atoms in total. The number of aliphatic hydroxyl groups excluding tert-OH is 1. The molecule has 0 aromatic heterocycles. The lowest BCUT2D eigenvalue weighted by Gasteiger charge is -2.34. The van der Waals surface area contributed by atoms with Crippen LogP contribution in [0.2, 0.25) is 5.02 Å². The van der Waals surface area contributed by atoms with Gasteiger partial charge in [-0.2, -0.15) is 0 Å². The van der Waals surface area contributed by atoms with Crippen molar-refractivity contribution in [2.75, 3.05) is 11.5 Å². The average molecular weight is 336 g/mol. The molecular weight excluding hydrogens is 321 g/mol. The van der Waals surface area contributed by atoms with Crippen LogP contribution < -0.4 is 9.64 Å². The van der Waals surface area contributed by atoms with Crippen LogP contribution in [0.1, 0.15) is 12.0 Å². The summed E-state index contributed by atoms with van der Waals surface area (Å²) >= 11 is 5.99. The first-order valence-electron chi connectivity index (χ1n) is 7.21. The molecule has 0 saturated heterocycles. The van der Waals surface area contributed by atoms with Crippen LogP contribution in [0.15, 0.2) is 42.5 Å². The molecule has 1 amide bonds. The molecule has 0 bridgehead atoms. The van der Waals surface area contributed by atoms with E-state index in [1.165, 1.54) is 23.1 Å². The fourth-order valence-corrected chi connectivity index (χ4v) is 2.80. The number of hydrogen-bond donors (Lipinski definition) is 1. The fourth-order valence-electron chi connectivity index (χ4n) is 2.58. The van der Waals surface area contributed by atoms with Crippen LogP contribution in [0.5, 0.6) is 5.75 Å². The van der Waals surface area contributed by atoms with Crippen molar-refractivity contribution >= 4 is 23.2 Å². The summed E-state index contributed by atoms with van der Waals surface area (Å²) in [5.41, 5.74) is 1.36. The Hall–Kier alpha value is -2.11. The molecule has 1 aliphatic heterocycles. The lowest BCUT2D eigenvalue weighted by atomic mass is 10.1. The second kappa shape index (κ2) is 6.56. The first-order valence-corrected chi connectivity index (χ1v) is 7.59. The van der Waals surface area contributed by atoms with Gasteiger partial charge < -0.3 is 14.7 Å². The van der Waals surface area contributed by atoms with E-state index in [-0.39, 0.29) is 18.9 Å². The van der Waals surface area contributed by atoms with E-state index in [0.29, 0.717) is 23.0 Å². The Labute approximate surface area is 138 Å². The molecule has 120 valence electrons. The second-order valence-electron chi connectivity index (χ2n) is 5.29. The Kier molecular flexibility index (Phi) is 4.50. The van der Waals surface area contributed by atoms with E-state index >= 15 is 0 Å². The predicted octanol–water partition coefficient (Wildman–Crippen LogP) is 3.16. The van der Waals surface area contributed by atoms with Gasteiger partial charge in [0.25, 0.3) is 5.91 Å². The maximum atomic E-state index is 13.5. The van der Waals surface area contributed by atoms with E-state index in [1.54, 1.807) is 18.2 Å². The molecule has 1 atom stereocenters. The van der Waals surface area contributed by atoms with Crippen LogP contribution in [0.3, 0.4) is 0 Å². The number of benzene rings is 2. The number of carbonyl (C=O) groups is 1. The number of nitrogens with zero attached hydrogens (tertiary/aromatic N) is 1. The molecule has 0 aliphatic carbocycles. The molecule has 2 aromatic rings. The Morgan fingerprint density at radius 3 is 2.83 bits per heavy atom. The summed E-state index contributed by atoms with van der Waals surface area (Å²) in [6, 6.07) is 11.2. The van der Waals surface area contributed by atoms with Gasteiger partial charge in [0, 0.05) is 24.1 Å². The molecule has 0 saturated carbocycles. The molecule has 1 N–H and O–H groups in total. The maximum absolute atomic E-state index is 13.5. The van der Waals surface area contributed by atoms with Gasteiger partial charge in [-0.05, 0) is 29.8 Å². The lowest BCUT2D eigenvalue weighted by molar-refractivity contribution is -0.127. The third kappa shape index (κ3) is 3.30. The van der Waals surface area contributed by atoms with E-state index in [2.05, 4.69) is 0 Å². The van der Waals surface area contributed by atoms with Gasteiger partial charge in [-0.1, -0.05) is 23.7 Å². The van der Waals surface area contributed by atoms with Gasteiger partial charge in [0.1, 0.15) is 11.6 Å². The minimum Gasteiger partial charge on any atom is -0.478 e. The van der Waals surface area contributed by atoms with E-state index in [0.717, 1.165) is 5.56 Å². The van der Waals surface area contributed by atoms with Crippen molar-refractivity contribution in [3.05, 3.63) is 58.9 Å². The highest BCUT2D eigenvalue weighted by atomic mass is 35.5. The van der Waals surface area contributed by atoms with Gasteiger partial charge in [0.2, 0.25) is 0 Å². The third-order valence-corrected chi connectivity index (χ3v) is 3.88. The number of aliphatic hydroxyl groups is 1. The van der Waals surface area contributed by atoms with Crippen LogP contribution in [0.4, 0.5) is 10.1 Å². The van der Waals surface area contributed by atoms with Gasteiger partial charge in [0.05, 0.1) is 12.2 Å². The molecular formula is C17H15ClFNO3. The van der Waals surface area contributed by atoms with Crippen LogP contribution in [0.25, 0.3) is 0 Å². The number of halogens is 2. The minimum atomic E-state index is -0.825. The molecule has 1 aliphatic rings. The molecule has 23 heavy (non-hydrogen) atoms. The van der Waals surface area contributed by atoms with Crippen LogP contribution >= 0.6 is 11.6 Å². The maximum Gasteiger partial charge on any atom is 0.268 e. The summed E-state index contributed by atoms with van der Waals surface area (Å²) in [4.78, 5) is 14.1. The summed E-state index contributed by atoms with van der Waals surface area (Å²) in [7, 11) is 0. The monoisotopic (exact) mass is 335 g/mol. The molecule has 3 rings (SSSR count). The van der Waals surface area contributed by atoms with Gasteiger partial charge in [0.15, 0.2) is 6.10 Å². The summed E-state index contributed by atoms with van der Waals surface area (Å²) in [6.07, 6.45) is -0.672. The number of rotatable bonds is 4. The van der Waals surface area contributed by atoms with Gasteiger partial charge in [-0.25, -0.2) is 4.39 Å². The fraction of sp³-hybridized carbons (Fsp3) is 0.235. The summed E-state index contributed by atoms with van der Waals surface area (Å²) in [5, 5.41) is 9.69. The Morgan fingerprint density at radius 1 is 1.26 bits per heavy atom. The zero-order valence-corrected chi connectivity index (χ0v) is 13.0. The van der Waals surface area contributed by atoms with Crippen molar-refractivity contribution in [2.45, 2.75) is 19.1 Å². The highest BCUT2D eigenvalue weighted by Gasteiger charge is 2.34. The number of ether oxygens (including phenoxy) is 1. The number of amides is 1. The van der Waals surface area contributed by atoms with Gasteiger partial charge in [-0.3, -0.25) is 4.79 Å². The van der Waals surface area contributed by atoms with E-state index in [9.17, 15) is 9.18 Å². The van der Waals surface area contributed by atoms with Gasteiger partial charge in [-0.15, -0.1) is 0 Å². The molecule has 6 heteroatoms. The van der Waals surface area contributed by atoms with E-state index < -0.39 is 11.9 Å². The van der Waals surface area contributed by atoms with Crippen LogP contribution in [0, 0.1) is 5.82 Å². The number of hydrogen-bond acceptors (Lipinski definition) is 3. The first kappa shape index (κ1) is 15.8. The normalized spacial score (nSPS) is 16.9.